The Labute approximate surface area is 392 Å². The standard InChI is InChI=1S/C61H100N2/c1-7-13-19-22-25-26-27-28-29-30-31-32-33-36-39-45-59-58(44-18-12-6)60(56-48-52(40-16-10-4)46-53(49-56)41-17-11-5)63(62)61(59)57-50-54(42-37-34-23-20-14-8-2)47-55(51-57)43-38-35-24-21-15-9-3/h39,45-51H,7-38,40-44H2,1-6H3. The lowest BCUT2D eigenvalue weighted by Crippen LogP contribution is -2.05. The van der Waals surface area contributed by atoms with Gasteiger partial charge in [-0.1, -0.05) is 226 Å². The second-order valence-corrected chi connectivity index (χ2v) is 19.8. The fourth-order valence-corrected chi connectivity index (χ4v) is 9.82. The van der Waals surface area contributed by atoms with Gasteiger partial charge in [0.2, 0.25) is 11.4 Å². The van der Waals surface area contributed by atoms with Crippen LogP contribution < -0.4 is 0 Å². The van der Waals surface area contributed by atoms with E-state index >= 15 is 0 Å². The van der Waals surface area contributed by atoms with Gasteiger partial charge in [-0.3, -0.25) is 0 Å². The van der Waals surface area contributed by atoms with Gasteiger partial charge in [0.1, 0.15) is 0 Å². The van der Waals surface area contributed by atoms with Gasteiger partial charge in [0.15, 0.2) is 0 Å². The van der Waals surface area contributed by atoms with Crippen molar-refractivity contribution in [1.29, 1.82) is 0 Å². The molecular formula is C61H100N2. The lowest BCUT2D eigenvalue weighted by molar-refractivity contribution is -0.345. The van der Waals surface area contributed by atoms with Gasteiger partial charge in [0.05, 0.1) is 5.57 Å². The summed E-state index contributed by atoms with van der Waals surface area (Å²) in [6.45, 7) is 13.8. The highest BCUT2D eigenvalue weighted by atomic mass is 15.2. The number of benzene rings is 2. The van der Waals surface area contributed by atoms with E-state index in [1.165, 1.54) is 231 Å². The summed E-state index contributed by atoms with van der Waals surface area (Å²) >= 11 is 0. The van der Waals surface area contributed by atoms with E-state index in [0.29, 0.717) is 0 Å². The molecule has 0 amide bonds. The third kappa shape index (κ3) is 21.9. The van der Waals surface area contributed by atoms with Crippen LogP contribution in [-0.2, 0) is 25.7 Å². The van der Waals surface area contributed by atoms with Gasteiger partial charge in [-0.25, -0.2) is 4.70 Å². The Balaban J connectivity index is 1.97. The van der Waals surface area contributed by atoms with Crippen LogP contribution in [0.2, 0.25) is 0 Å². The minimum atomic E-state index is 0.982. The predicted molar refractivity (Wildman–Crippen MR) is 281 cm³/mol. The smallest absolute Gasteiger partial charge is 0.215 e. The fraction of sp³-hybridized carbons (Fsp3) is 0.705. The number of hydrogen-bond acceptors (Lipinski definition) is 0. The molecule has 1 heterocycles. The third-order valence-electron chi connectivity index (χ3n) is 13.8. The summed E-state index contributed by atoms with van der Waals surface area (Å²) in [5, 5.41) is 0. The highest BCUT2D eigenvalue weighted by Crippen LogP contribution is 2.44. The van der Waals surface area contributed by atoms with Crippen LogP contribution in [0, 0.1) is 0 Å². The first kappa shape index (κ1) is 54.6. The normalized spacial score (nSPS) is 13.2. The van der Waals surface area contributed by atoms with Crippen LogP contribution in [0.5, 0.6) is 0 Å². The molecule has 0 aliphatic carbocycles. The molecule has 0 bridgehead atoms. The van der Waals surface area contributed by atoms with Crippen LogP contribution in [0.15, 0.2) is 59.7 Å². The van der Waals surface area contributed by atoms with E-state index in [2.05, 4.69) is 90.1 Å². The minimum absolute atomic E-state index is 0.982. The van der Waals surface area contributed by atoms with E-state index in [0.717, 1.165) is 62.8 Å². The van der Waals surface area contributed by atoms with E-state index in [-0.39, 0.29) is 0 Å². The maximum atomic E-state index is 12.8. The van der Waals surface area contributed by atoms with Crippen molar-refractivity contribution < 1.29 is 4.70 Å². The maximum Gasteiger partial charge on any atom is 0.215 e. The molecule has 2 nitrogen and oxygen atoms in total. The van der Waals surface area contributed by atoms with Crippen LogP contribution in [0.25, 0.3) is 16.9 Å². The Bertz CT molecular complexity index is 1540. The van der Waals surface area contributed by atoms with Crippen LogP contribution in [0.1, 0.15) is 287 Å². The number of unbranched alkanes of at least 4 members (excludes halogenated alkanes) is 26. The van der Waals surface area contributed by atoms with Crippen molar-refractivity contribution >= 4 is 11.4 Å². The summed E-state index contributed by atoms with van der Waals surface area (Å²) in [6, 6.07) is 14.7. The topological polar surface area (TPSA) is 25.3 Å². The molecular weight excluding hydrogens is 761 g/mol. The first-order chi connectivity index (χ1) is 31.0. The molecule has 0 atom stereocenters. The molecule has 0 radical (unpaired) electrons. The number of hydrogen-bond donors (Lipinski definition) is 0. The zero-order chi connectivity index (χ0) is 45.2. The molecule has 2 aromatic rings. The maximum absolute atomic E-state index is 12.8. The quantitative estimate of drug-likeness (QED) is 0.0471. The molecule has 0 spiro atoms. The van der Waals surface area contributed by atoms with E-state index in [1.807, 2.05) is 0 Å². The van der Waals surface area contributed by atoms with Gasteiger partial charge >= 0.3 is 0 Å². The Morgan fingerprint density at radius 1 is 0.349 bits per heavy atom. The van der Waals surface area contributed by atoms with Gasteiger partial charge in [0.25, 0.3) is 0 Å². The molecule has 2 aromatic carbocycles. The summed E-state index contributed by atoms with van der Waals surface area (Å²) in [7, 11) is 0. The fourth-order valence-electron chi connectivity index (χ4n) is 9.82. The van der Waals surface area contributed by atoms with Crippen molar-refractivity contribution in [3.05, 3.63) is 98.6 Å². The molecule has 0 unspecified atom stereocenters. The molecule has 63 heavy (non-hydrogen) atoms. The summed E-state index contributed by atoms with van der Waals surface area (Å²) in [5.41, 5.74) is 25.6. The van der Waals surface area contributed by atoms with Crippen molar-refractivity contribution in [3.8, 4) is 0 Å². The van der Waals surface area contributed by atoms with Gasteiger partial charge in [-0.05, 0) is 124 Å². The van der Waals surface area contributed by atoms with E-state index < -0.39 is 0 Å². The predicted octanol–water partition coefficient (Wildman–Crippen LogP) is 20.6. The van der Waals surface area contributed by atoms with Gasteiger partial charge in [-0.15, -0.1) is 0 Å². The second-order valence-electron chi connectivity index (χ2n) is 19.8. The van der Waals surface area contributed by atoms with Crippen LogP contribution >= 0.6 is 0 Å². The average Bonchev–Trinajstić information content (AvgIpc) is 3.57. The average molecular weight is 861 g/mol. The summed E-state index contributed by atoms with van der Waals surface area (Å²) in [6.07, 6.45) is 52.3. The largest absolute Gasteiger partial charge is 0.493 e. The molecule has 2 heteroatoms. The molecule has 0 aromatic heterocycles. The van der Waals surface area contributed by atoms with Crippen LogP contribution in [0.3, 0.4) is 0 Å². The minimum Gasteiger partial charge on any atom is -0.493 e. The lowest BCUT2D eigenvalue weighted by Gasteiger charge is -2.15. The van der Waals surface area contributed by atoms with Crippen LogP contribution in [0.4, 0.5) is 0 Å². The second kappa shape index (κ2) is 35.5. The van der Waals surface area contributed by atoms with Gasteiger partial charge < -0.3 is 5.53 Å². The van der Waals surface area contributed by atoms with Gasteiger partial charge in [-0.2, -0.15) is 0 Å². The van der Waals surface area contributed by atoms with E-state index in [1.54, 1.807) is 4.70 Å². The lowest BCUT2D eigenvalue weighted by atomic mass is 9.91. The number of rotatable bonds is 40. The zero-order valence-corrected chi connectivity index (χ0v) is 42.7. The molecule has 1 aliphatic rings. The van der Waals surface area contributed by atoms with Crippen molar-refractivity contribution in [2.45, 2.75) is 279 Å². The summed E-state index contributed by atoms with van der Waals surface area (Å²) in [4.78, 5) is 0. The Morgan fingerprint density at radius 3 is 1.06 bits per heavy atom. The number of nitrogens with zero attached hydrogens (tertiary/aromatic N) is 2. The van der Waals surface area contributed by atoms with Gasteiger partial charge in [0, 0.05) is 16.7 Å². The first-order valence-corrected chi connectivity index (χ1v) is 27.9. The summed E-state index contributed by atoms with van der Waals surface area (Å²) in [5.74, 6) is 0. The zero-order valence-electron chi connectivity index (χ0n) is 42.7. The monoisotopic (exact) mass is 861 g/mol. The first-order valence-electron chi connectivity index (χ1n) is 27.9. The van der Waals surface area contributed by atoms with Crippen molar-refractivity contribution in [2.24, 2.45) is 0 Å². The Kier molecular flexibility index (Phi) is 30.8. The molecule has 3 rings (SSSR count). The van der Waals surface area contributed by atoms with Crippen molar-refractivity contribution in [3.63, 3.8) is 0 Å². The van der Waals surface area contributed by atoms with E-state index in [9.17, 15) is 5.53 Å². The highest BCUT2D eigenvalue weighted by molar-refractivity contribution is 5.84. The number of aryl methyl sites for hydroxylation is 4. The molecule has 1 aliphatic heterocycles. The highest BCUT2D eigenvalue weighted by Gasteiger charge is 2.35. The SMILES string of the molecule is CCCCCCCCCCCCCCCC=CC1=C(c2cc(CCCCCCCC)cc(CCCCCCCC)c2)[N+](=[N-])C(c2cc(CCCC)cc(CCCC)c2)=C1CCCC. The van der Waals surface area contributed by atoms with Crippen molar-refractivity contribution in [2.75, 3.05) is 0 Å². The van der Waals surface area contributed by atoms with Crippen molar-refractivity contribution in [1.82, 2.24) is 0 Å². The molecule has 354 valence electrons. The van der Waals surface area contributed by atoms with E-state index in [4.69, 9.17) is 0 Å². The third-order valence-corrected chi connectivity index (χ3v) is 13.8. The Hall–Kier alpha value is -2.74. The molecule has 0 saturated carbocycles. The molecule has 0 saturated heterocycles. The Morgan fingerprint density at radius 2 is 0.667 bits per heavy atom. The molecule has 0 fully saturated rings. The molecule has 0 N–H and O–H groups in total. The van der Waals surface area contributed by atoms with Crippen LogP contribution in [-0.4, -0.2) is 4.70 Å². The number of allylic oxidation sites excluding steroid dienone is 4. The summed E-state index contributed by atoms with van der Waals surface area (Å²) < 4.78 is 1.66.